The third kappa shape index (κ3) is 2.16. The zero-order valence-corrected chi connectivity index (χ0v) is 9.02. The molecule has 0 amide bonds. The fraction of sp³-hybridized carbons (Fsp3) is 0.200. The van der Waals surface area contributed by atoms with Crippen molar-refractivity contribution in [1.29, 1.82) is 0 Å². The van der Waals surface area contributed by atoms with Gasteiger partial charge in [-0.1, -0.05) is 23.7 Å². The Kier molecular flexibility index (Phi) is 2.70. The molecule has 78 valence electrons. The molecule has 15 heavy (non-hydrogen) atoms. The Hall–Kier alpha value is -1.39. The lowest BCUT2D eigenvalue weighted by Crippen LogP contribution is -2.13. The summed E-state index contributed by atoms with van der Waals surface area (Å²) in [5, 5.41) is 4.85. The highest BCUT2D eigenvalue weighted by Gasteiger charge is 2.12. The van der Waals surface area contributed by atoms with Crippen LogP contribution in [0.5, 0.6) is 0 Å². The first-order chi connectivity index (χ1) is 7.16. The highest BCUT2D eigenvalue weighted by molar-refractivity contribution is 6.30. The second-order valence-electron chi connectivity index (χ2n) is 3.31. The van der Waals surface area contributed by atoms with E-state index in [4.69, 9.17) is 17.3 Å². The SMILES string of the molecule is Cn1cnc(C(N)c2ccc(Cl)cc2)n1. The molecule has 4 nitrogen and oxygen atoms in total. The summed E-state index contributed by atoms with van der Waals surface area (Å²) >= 11 is 5.79. The molecular weight excluding hydrogens is 212 g/mol. The van der Waals surface area contributed by atoms with Crippen LogP contribution >= 0.6 is 11.6 Å². The number of aromatic nitrogens is 3. The molecule has 0 bridgehead atoms. The van der Waals surface area contributed by atoms with Gasteiger partial charge < -0.3 is 5.73 Å². The number of nitrogens with two attached hydrogens (primary N) is 1. The first-order valence-corrected chi connectivity index (χ1v) is 4.91. The fourth-order valence-corrected chi connectivity index (χ4v) is 1.44. The van der Waals surface area contributed by atoms with Crippen LogP contribution in [0.1, 0.15) is 17.4 Å². The highest BCUT2D eigenvalue weighted by Crippen LogP contribution is 2.18. The van der Waals surface area contributed by atoms with Crippen molar-refractivity contribution < 1.29 is 0 Å². The molecule has 0 spiro atoms. The Morgan fingerprint density at radius 3 is 2.53 bits per heavy atom. The molecular formula is C10H11ClN4. The van der Waals surface area contributed by atoms with Crippen LogP contribution < -0.4 is 5.73 Å². The van der Waals surface area contributed by atoms with Gasteiger partial charge in [-0.2, -0.15) is 5.10 Å². The molecule has 0 aliphatic rings. The monoisotopic (exact) mass is 222 g/mol. The number of hydrogen-bond acceptors (Lipinski definition) is 3. The molecule has 5 heteroatoms. The molecule has 2 rings (SSSR count). The van der Waals surface area contributed by atoms with E-state index < -0.39 is 0 Å². The van der Waals surface area contributed by atoms with E-state index in [0.29, 0.717) is 10.8 Å². The van der Waals surface area contributed by atoms with Crippen molar-refractivity contribution in [1.82, 2.24) is 14.8 Å². The van der Waals surface area contributed by atoms with E-state index in [9.17, 15) is 0 Å². The quantitative estimate of drug-likeness (QED) is 0.838. The standard InChI is InChI=1S/C10H11ClN4/c1-15-6-13-10(14-15)9(12)7-2-4-8(11)5-3-7/h2-6,9H,12H2,1H3. The lowest BCUT2D eigenvalue weighted by molar-refractivity contribution is 0.713. The molecule has 1 aromatic heterocycles. The van der Waals surface area contributed by atoms with E-state index in [-0.39, 0.29) is 6.04 Å². The van der Waals surface area contributed by atoms with Crippen LogP contribution in [0.15, 0.2) is 30.6 Å². The average Bonchev–Trinajstić information content (AvgIpc) is 2.65. The smallest absolute Gasteiger partial charge is 0.171 e. The normalized spacial score (nSPS) is 12.7. The predicted molar refractivity (Wildman–Crippen MR) is 58.5 cm³/mol. The maximum Gasteiger partial charge on any atom is 0.171 e. The van der Waals surface area contributed by atoms with Crippen LogP contribution in [0.25, 0.3) is 0 Å². The van der Waals surface area contributed by atoms with Crippen LogP contribution in [-0.4, -0.2) is 14.8 Å². The molecule has 1 aromatic carbocycles. The van der Waals surface area contributed by atoms with Crippen molar-refractivity contribution in [3.63, 3.8) is 0 Å². The minimum atomic E-state index is -0.302. The van der Waals surface area contributed by atoms with Gasteiger partial charge in [-0.3, -0.25) is 4.68 Å². The van der Waals surface area contributed by atoms with Crippen molar-refractivity contribution in [3.05, 3.63) is 47.0 Å². The molecule has 2 aromatic rings. The molecule has 2 N–H and O–H groups in total. The minimum absolute atomic E-state index is 0.302. The van der Waals surface area contributed by atoms with Gasteiger partial charge in [0.15, 0.2) is 5.82 Å². The summed E-state index contributed by atoms with van der Waals surface area (Å²) in [4.78, 5) is 4.11. The van der Waals surface area contributed by atoms with Gasteiger partial charge in [-0.15, -0.1) is 0 Å². The zero-order chi connectivity index (χ0) is 10.8. The average molecular weight is 223 g/mol. The number of benzene rings is 1. The van der Waals surface area contributed by atoms with Crippen LogP contribution in [-0.2, 0) is 7.05 Å². The molecule has 1 unspecified atom stereocenters. The lowest BCUT2D eigenvalue weighted by atomic mass is 10.1. The third-order valence-corrected chi connectivity index (χ3v) is 2.38. The van der Waals surface area contributed by atoms with Gasteiger partial charge in [0.05, 0.1) is 6.04 Å². The highest BCUT2D eigenvalue weighted by atomic mass is 35.5. The van der Waals surface area contributed by atoms with Gasteiger partial charge in [0, 0.05) is 12.1 Å². The Labute approximate surface area is 92.7 Å². The van der Waals surface area contributed by atoms with Crippen molar-refractivity contribution in [2.75, 3.05) is 0 Å². The van der Waals surface area contributed by atoms with Gasteiger partial charge in [0.1, 0.15) is 6.33 Å². The van der Waals surface area contributed by atoms with Crippen LogP contribution in [0.4, 0.5) is 0 Å². The largest absolute Gasteiger partial charge is 0.318 e. The summed E-state index contributed by atoms with van der Waals surface area (Å²) in [6.07, 6.45) is 1.63. The van der Waals surface area contributed by atoms with E-state index >= 15 is 0 Å². The van der Waals surface area contributed by atoms with E-state index in [1.807, 2.05) is 19.2 Å². The summed E-state index contributed by atoms with van der Waals surface area (Å²) in [7, 11) is 1.81. The maximum absolute atomic E-state index is 6.00. The Morgan fingerprint density at radius 2 is 2.00 bits per heavy atom. The van der Waals surface area contributed by atoms with E-state index in [2.05, 4.69) is 10.1 Å². The Morgan fingerprint density at radius 1 is 1.33 bits per heavy atom. The summed E-state index contributed by atoms with van der Waals surface area (Å²) in [6, 6.07) is 7.06. The number of hydrogen-bond donors (Lipinski definition) is 1. The van der Waals surface area contributed by atoms with Crippen molar-refractivity contribution in [2.24, 2.45) is 12.8 Å². The van der Waals surface area contributed by atoms with Crippen molar-refractivity contribution >= 4 is 11.6 Å². The molecule has 1 atom stereocenters. The van der Waals surface area contributed by atoms with Crippen molar-refractivity contribution in [3.8, 4) is 0 Å². The van der Waals surface area contributed by atoms with Crippen molar-refractivity contribution in [2.45, 2.75) is 6.04 Å². The van der Waals surface area contributed by atoms with E-state index in [1.54, 1.807) is 23.1 Å². The molecule has 0 aliphatic carbocycles. The topological polar surface area (TPSA) is 56.7 Å². The first kappa shape index (κ1) is 10.1. The molecule has 0 saturated carbocycles. The van der Waals surface area contributed by atoms with Gasteiger partial charge in [0.25, 0.3) is 0 Å². The Balaban J connectivity index is 2.28. The summed E-state index contributed by atoms with van der Waals surface area (Å²) in [5.41, 5.74) is 6.95. The number of halogens is 1. The molecule has 0 radical (unpaired) electrons. The van der Waals surface area contributed by atoms with Crippen LogP contribution in [0, 0.1) is 0 Å². The van der Waals surface area contributed by atoms with E-state index in [1.165, 1.54) is 0 Å². The van der Waals surface area contributed by atoms with Crippen LogP contribution in [0.3, 0.4) is 0 Å². The van der Waals surface area contributed by atoms with Crippen LogP contribution in [0.2, 0.25) is 5.02 Å². The van der Waals surface area contributed by atoms with Gasteiger partial charge >= 0.3 is 0 Å². The van der Waals surface area contributed by atoms with Gasteiger partial charge in [-0.25, -0.2) is 4.98 Å². The number of aryl methyl sites for hydroxylation is 1. The summed E-state index contributed by atoms with van der Waals surface area (Å²) in [6.45, 7) is 0. The molecule has 0 fully saturated rings. The maximum atomic E-state index is 6.00. The van der Waals surface area contributed by atoms with Gasteiger partial charge in [0.2, 0.25) is 0 Å². The van der Waals surface area contributed by atoms with E-state index in [0.717, 1.165) is 5.56 Å². The molecule has 0 saturated heterocycles. The minimum Gasteiger partial charge on any atom is -0.318 e. The molecule has 0 aliphatic heterocycles. The fourth-order valence-electron chi connectivity index (χ4n) is 1.32. The first-order valence-electron chi connectivity index (χ1n) is 4.53. The predicted octanol–water partition coefficient (Wildman–Crippen LogP) is 1.52. The second kappa shape index (κ2) is 4.00. The number of rotatable bonds is 2. The Bertz CT molecular complexity index is 449. The van der Waals surface area contributed by atoms with Gasteiger partial charge in [-0.05, 0) is 17.7 Å². The second-order valence-corrected chi connectivity index (χ2v) is 3.74. The zero-order valence-electron chi connectivity index (χ0n) is 8.26. The molecule has 1 heterocycles. The lowest BCUT2D eigenvalue weighted by Gasteiger charge is -2.07. The number of nitrogens with zero attached hydrogens (tertiary/aromatic N) is 3. The summed E-state index contributed by atoms with van der Waals surface area (Å²) in [5.74, 6) is 0.611. The summed E-state index contributed by atoms with van der Waals surface area (Å²) < 4.78 is 1.63. The third-order valence-electron chi connectivity index (χ3n) is 2.12.